The number of benzene rings is 1. The second-order valence-electron chi connectivity index (χ2n) is 9.92. The third kappa shape index (κ3) is 8.97. The van der Waals surface area contributed by atoms with Crippen LogP contribution in [0.3, 0.4) is 0 Å². The van der Waals surface area contributed by atoms with Crippen molar-refractivity contribution in [2.45, 2.75) is 56.6 Å². The number of halogens is 3. The van der Waals surface area contributed by atoms with Crippen LogP contribution in [-0.4, -0.2) is 82.4 Å². The zero-order valence-corrected chi connectivity index (χ0v) is 22.3. The molecule has 2 fully saturated rings. The van der Waals surface area contributed by atoms with Crippen molar-refractivity contribution in [2.75, 3.05) is 46.9 Å². The molecule has 3 amide bonds. The van der Waals surface area contributed by atoms with Crippen LogP contribution < -0.4 is 16.0 Å². The molecular weight excluding hydrogens is 506 g/mol. The van der Waals surface area contributed by atoms with Crippen LogP contribution in [0.15, 0.2) is 24.3 Å². The normalized spacial score (nSPS) is 25.4. The second kappa shape index (κ2) is 14.7. The quantitative estimate of drug-likeness (QED) is 0.362. The van der Waals surface area contributed by atoms with Crippen molar-refractivity contribution in [2.24, 2.45) is 11.8 Å². The van der Waals surface area contributed by atoms with Gasteiger partial charge in [0.05, 0.1) is 19.8 Å². The predicted octanol–water partition coefficient (Wildman–Crippen LogP) is 4.24. The van der Waals surface area contributed by atoms with Gasteiger partial charge in [0.1, 0.15) is 12.3 Å². The van der Waals surface area contributed by atoms with Gasteiger partial charge in [-0.15, -0.1) is 0 Å². The summed E-state index contributed by atoms with van der Waals surface area (Å²) in [6.07, 6.45) is -1.06. The van der Waals surface area contributed by atoms with Crippen LogP contribution in [0.25, 0.3) is 0 Å². The van der Waals surface area contributed by atoms with Crippen molar-refractivity contribution in [1.29, 1.82) is 0 Å². The van der Waals surface area contributed by atoms with Crippen molar-refractivity contribution in [3.8, 4) is 0 Å². The van der Waals surface area contributed by atoms with Gasteiger partial charge in [-0.05, 0) is 62.8 Å². The number of piperidine rings is 1. The van der Waals surface area contributed by atoms with Crippen molar-refractivity contribution < 1.29 is 27.8 Å². The third-order valence-electron chi connectivity index (χ3n) is 7.11. The molecule has 37 heavy (non-hydrogen) atoms. The Bertz CT molecular complexity index is 873. The van der Waals surface area contributed by atoms with Gasteiger partial charge in [0, 0.05) is 43.2 Å². The minimum absolute atomic E-state index is 0.0215. The van der Waals surface area contributed by atoms with Crippen LogP contribution in [0.1, 0.15) is 43.8 Å². The number of alkyl carbamates (subject to hydrolysis) is 1. The Balaban J connectivity index is 1.62. The standard InChI is InChI=1S/C26H39ClF2N4O4/c1-30-15-21(11-17-12-22(28)23(29)13-17)32-25(34)33-9-4-6-19(16-33)24(18-5-3-7-20(27)14-18)37-10-8-31-26(35)36-2/h3,5,7,14,17,19,21-24,30H,4,6,8-13,15-16H2,1-2H3,(H,31,35)(H,32,34)/t17-,19-,21?,22-,23+,24+/m1/s1. The van der Waals surface area contributed by atoms with Crippen LogP contribution in [0, 0.1) is 11.8 Å². The van der Waals surface area contributed by atoms with E-state index in [1.807, 2.05) is 18.2 Å². The van der Waals surface area contributed by atoms with Gasteiger partial charge in [-0.2, -0.15) is 0 Å². The molecule has 3 N–H and O–H groups in total. The highest BCUT2D eigenvalue weighted by atomic mass is 35.5. The van der Waals surface area contributed by atoms with Crippen molar-refractivity contribution >= 4 is 23.7 Å². The van der Waals surface area contributed by atoms with Gasteiger partial charge >= 0.3 is 12.1 Å². The van der Waals surface area contributed by atoms with Gasteiger partial charge < -0.3 is 30.3 Å². The maximum absolute atomic E-state index is 13.7. The summed E-state index contributed by atoms with van der Waals surface area (Å²) in [6.45, 7) is 2.18. The van der Waals surface area contributed by atoms with Crippen LogP contribution in [0.4, 0.5) is 18.4 Å². The minimum atomic E-state index is -1.41. The van der Waals surface area contributed by atoms with Gasteiger partial charge in [0.2, 0.25) is 0 Å². The first-order valence-electron chi connectivity index (χ1n) is 13.0. The number of likely N-dealkylation sites (N-methyl/N-ethyl adjacent to an activating group) is 1. The lowest BCUT2D eigenvalue weighted by atomic mass is 9.88. The number of rotatable bonds is 11. The summed E-state index contributed by atoms with van der Waals surface area (Å²) in [7, 11) is 3.10. The number of carbonyl (C=O) groups is 2. The van der Waals surface area contributed by atoms with Crippen molar-refractivity contribution in [3.63, 3.8) is 0 Å². The molecule has 0 bridgehead atoms. The summed E-state index contributed by atoms with van der Waals surface area (Å²) < 4.78 is 38.2. The third-order valence-corrected chi connectivity index (χ3v) is 7.35. The van der Waals surface area contributed by atoms with E-state index in [1.54, 1.807) is 18.0 Å². The Kier molecular flexibility index (Phi) is 11.7. The summed E-state index contributed by atoms with van der Waals surface area (Å²) in [5.41, 5.74) is 0.911. The zero-order chi connectivity index (χ0) is 26.8. The molecule has 1 aliphatic heterocycles. The number of carbonyl (C=O) groups excluding carboxylic acids is 2. The molecule has 3 rings (SSSR count). The molecule has 6 atom stereocenters. The molecule has 1 heterocycles. The number of alkyl halides is 2. The van der Waals surface area contributed by atoms with E-state index in [-0.39, 0.29) is 56.0 Å². The molecule has 0 spiro atoms. The maximum atomic E-state index is 13.7. The highest BCUT2D eigenvalue weighted by molar-refractivity contribution is 6.30. The van der Waals surface area contributed by atoms with Crippen LogP contribution in [0.5, 0.6) is 0 Å². The number of nitrogens with one attached hydrogen (secondary N) is 3. The number of hydrogen-bond acceptors (Lipinski definition) is 5. The first kappa shape index (κ1) is 29.4. The smallest absolute Gasteiger partial charge is 0.406 e. The Morgan fingerprint density at radius 2 is 2.00 bits per heavy atom. The van der Waals surface area contributed by atoms with E-state index in [9.17, 15) is 18.4 Å². The van der Waals surface area contributed by atoms with Gasteiger partial charge in [0.15, 0.2) is 0 Å². The predicted molar refractivity (Wildman–Crippen MR) is 138 cm³/mol. The molecule has 1 unspecified atom stereocenters. The Labute approximate surface area is 222 Å². The summed E-state index contributed by atoms with van der Waals surface area (Å²) in [5, 5.41) is 9.36. The monoisotopic (exact) mass is 544 g/mol. The van der Waals surface area contributed by atoms with E-state index in [2.05, 4.69) is 20.7 Å². The summed E-state index contributed by atoms with van der Waals surface area (Å²) in [5.74, 6) is -0.0646. The molecule has 2 aliphatic rings. The average molecular weight is 545 g/mol. The Hall–Kier alpha value is -2.17. The number of hydrogen-bond donors (Lipinski definition) is 3. The van der Waals surface area contributed by atoms with Crippen molar-refractivity contribution in [3.05, 3.63) is 34.9 Å². The van der Waals surface area contributed by atoms with Gasteiger partial charge in [-0.25, -0.2) is 18.4 Å². The fourth-order valence-electron chi connectivity index (χ4n) is 5.37. The minimum Gasteiger partial charge on any atom is -0.453 e. The van der Waals surface area contributed by atoms with E-state index in [0.29, 0.717) is 31.1 Å². The molecule has 208 valence electrons. The van der Waals surface area contributed by atoms with Gasteiger partial charge in [-0.1, -0.05) is 23.7 Å². The van der Waals surface area contributed by atoms with E-state index in [4.69, 9.17) is 16.3 Å². The number of methoxy groups -OCH3 is 1. The number of urea groups is 1. The van der Waals surface area contributed by atoms with Crippen LogP contribution >= 0.6 is 11.6 Å². The van der Waals surface area contributed by atoms with Gasteiger partial charge in [-0.3, -0.25) is 0 Å². The van der Waals surface area contributed by atoms with Crippen molar-refractivity contribution in [1.82, 2.24) is 20.9 Å². The lowest BCUT2D eigenvalue weighted by Crippen LogP contribution is -2.51. The summed E-state index contributed by atoms with van der Waals surface area (Å²) >= 11 is 6.25. The zero-order valence-electron chi connectivity index (χ0n) is 21.6. The molecule has 1 aromatic rings. The number of likely N-dealkylation sites (tertiary alicyclic amines) is 1. The molecule has 8 nitrogen and oxygen atoms in total. The van der Waals surface area contributed by atoms with Crippen LogP contribution in [0.2, 0.25) is 5.02 Å². The molecular formula is C26H39ClF2N4O4. The second-order valence-corrected chi connectivity index (χ2v) is 10.4. The fraction of sp³-hybridized carbons (Fsp3) is 0.692. The molecule has 0 aromatic heterocycles. The lowest BCUT2D eigenvalue weighted by molar-refractivity contribution is -0.00864. The fourth-order valence-corrected chi connectivity index (χ4v) is 5.57. The molecule has 1 saturated carbocycles. The number of nitrogens with zero attached hydrogens (tertiary/aromatic N) is 1. The Morgan fingerprint density at radius 1 is 1.24 bits per heavy atom. The number of amides is 3. The first-order chi connectivity index (χ1) is 17.8. The summed E-state index contributed by atoms with van der Waals surface area (Å²) in [4.78, 5) is 26.4. The SMILES string of the molecule is CNCC(C[C@@H]1C[C@@H](F)[C@@H](F)C1)NC(=O)N1CCC[C@@H]([C@@H](OCCNC(=O)OC)c2cccc(Cl)c2)C1. The first-order valence-corrected chi connectivity index (χ1v) is 13.4. The molecule has 11 heteroatoms. The topological polar surface area (TPSA) is 91.9 Å². The largest absolute Gasteiger partial charge is 0.453 e. The van der Waals surface area contributed by atoms with E-state index < -0.39 is 18.4 Å². The summed E-state index contributed by atoms with van der Waals surface area (Å²) in [6, 6.07) is 7.07. The van der Waals surface area contributed by atoms with E-state index in [0.717, 1.165) is 18.4 Å². The Morgan fingerprint density at radius 3 is 2.68 bits per heavy atom. The van der Waals surface area contributed by atoms with Crippen LogP contribution in [-0.2, 0) is 9.47 Å². The molecule has 0 radical (unpaired) electrons. The molecule has 1 aliphatic carbocycles. The van der Waals surface area contributed by atoms with E-state index in [1.165, 1.54) is 7.11 Å². The highest BCUT2D eigenvalue weighted by Gasteiger charge is 2.36. The average Bonchev–Trinajstić information content (AvgIpc) is 3.20. The molecule has 1 saturated heterocycles. The van der Waals surface area contributed by atoms with Gasteiger partial charge in [0.25, 0.3) is 0 Å². The molecule has 1 aromatic carbocycles. The highest BCUT2D eigenvalue weighted by Crippen LogP contribution is 2.35. The maximum Gasteiger partial charge on any atom is 0.406 e. The van der Waals surface area contributed by atoms with E-state index >= 15 is 0 Å². The number of ether oxygens (including phenoxy) is 2. The lowest BCUT2D eigenvalue weighted by Gasteiger charge is -2.38.